The fraction of sp³-hybridized carbons (Fsp3) is 0.188. The molecule has 0 spiro atoms. The molecule has 1 saturated carbocycles. The lowest BCUT2D eigenvalue weighted by atomic mass is 9.77. The molecule has 1 aliphatic carbocycles. The minimum Gasteiger partial charge on any atom is -0.484 e. The van der Waals surface area contributed by atoms with Gasteiger partial charge in [-0.3, -0.25) is 4.79 Å². The number of carbonyl (C=O) groups excluding carboxylic acids is 1. The molecule has 2 atom stereocenters. The van der Waals surface area contributed by atoms with E-state index in [1.165, 1.54) is 5.57 Å². The zero-order chi connectivity index (χ0) is 24.3. The number of hydrogen-bond donors (Lipinski definition) is 0. The highest BCUT2D eigenvalue weighted by atomic mass is 16.5. The van der Waals surface area contributed by atoms with E-state index >= 15 is 0 Å². The number of hydrogen-bond acceptors (Lipinski definition) is 3. The molecule has 0 saturated heterocycles. The number of hydrazone groups is 1. The van der Waals surface area contributed by atoms with E-state index in [1.807, 2.05) is 60.7 Å². The predicted octanol–water partition coefficient (Wildman–Crippen LogP) is 7.04. The molecule has 4 aromatic rings. The summed E-state index contributed by atoms with van der Waals surface area (Å²) in [6.45, 7) is -0.0527. The van der Waals surface area contributed by atoms with Crippen molar-refractivity contribution in [1.29, 1.82) is 0 Å². The van der Waals surface area contributed by atoms with Gasteiger partial charge in [-0.25, -0.2) is 5.01 Å². The van der Waals surface area contributed by atoms with Gasteiger partial charge in [0, 0.05) is 5.92 Å². The minimum absolute atomic E-state index is 0.0527. The number of fused-ring (bicyclic) bond motifs is 2. The summed E-state index contributed by atoms with van der Waals surface area (Å²) in [5, 5.41) is 8.88. The lowest BCUT2D eigenvalue weighted by Gasteiger charge is -2.29. The van der Waals surface area contributed by atoms with E-state index in [-0.39, 0.29) is 24.5 Å². The first-order valence-corrected chi connectivity index (χ1v) is 12.6. The first kappa shape index (κ1) is 22.3. The van der Waals surface area contributed by atoms with Gasteiger partial charge in [-0.15, -0.1) is 0 Å². The van der Waals surface area contributed by atoms with Gasteiger partial charge < -0.3 is 4.74 Å². The van der Waals surface area contributed by atoms with Crippen LogP contribution in [0.2, 0.25) is 0 Å². The summed E-state index contributed by atoms with van der Waals surface area (Å²) in [6.07, 6.45) is 5.30. The third-order valence-electron chi connectivity index (χ3n) is 7.12. The van der Waals surface area contributed by atoms with E-state index in [4.69, 9.17) is 9.84 Å². The standard InChI is InChI=1S/C32H28N2O2/c35-30(22-36-28-19-18-24-12-7-8-15-26(24)21-28)34-32(25-13-5-2-6-14-25)29-17-9-16-27(31(29)33-34)20-23-10-3-1-4-11-23/h1-8,10-15,18-21,29,32H,9,16-17,22H2/b27-20-. The number of amides is 1. The van der Waals surface area contributed by atoms with Crippen molar-refractivity contribution >= 4 is 28.5 Å². The zero-order valence-electron chi connectivity index (χ0n) is 20.1. The lowest BCUT2D eigenvalue weighted by Crippen LogP contribution is -2.34. The SMILES string of the molecule is O=C(COc1ccc2ccccc2c1)N1N=C2/C(=C\c3ccccc3)CCCC2C1c1ccccc1. The molecule has 2 aliphatic rings. The molecule has 0 aromatic heterocycles. The Kier molecular flexibility index (Phi) is 6.08. The second kappa shape index (κ2) is 9.82. The molecule has 1 fully saturated rings. The average molecular weight is 473 g/mol. The molecule has 6 rings (SSSR count). The molecular formula is C32H28N2O2. The number of ether oxygens (including phenoxy) is 1. The van der Waals surface area contributed by atoms with Crippen LogP contribution in [0.1, 0.15) is 36.4 Å². The summed E-state index contributed by atoms with van der Waals surface area (Å²) in [6, 6.07) is 34.6. The van der Waals surface area contributed by atoms with E-state index in [0.29, 0.717) is 5.75 Å². The second-order valence-electron chi connectivity index (χ2n) is 9.46. The molecule has 1 heterocycles. The van der Waals surface area contributed by atoms with Gasteiger partial charge in [0.15, 0.2) is 6.61 Å². The van der Waals surface area contributed by atoms with Crippen molar-refractivity contribution in [2.45, 2.75) is 25.3 Å². The van der Waals surface area contributed by atoms with Gasteiger partial charge in [0.25, 0.3) is 5.91 Å². The minimum atomic E-state index is -0.127. The van der Waals surface area contributed by atoms with Crippen LogP contribution in [-0.2, 0) is 4.79 Å². The molecule has 4 heteroatoms. The van der Waals surface area contributed by atoms with Gasteiger partial charge in [0.1, 0.15) is 5.75 Å². The third-order valence-corrected chi connectivity index (χ3v) is 7.12. The molecule has 0 bridgehead atoms. The summed E-state index contributed by atoms with van der Waals surface area (Å²) in [5.41, 5.74) is 4.54. The first-order chi connectivity index (χ1) is 17.8. The number of benzene rings is 4. The lowest BCUT2D eigenvalue weighted by molar-refractivity contribution is -0.135. The zero-order valence-corrected chi connectivity index (χ0v) is 20.1. The molecule has 36 heavy (non-hydrogen) atoms. The van der Waals surface area contributed by atoms with Crippen LogP contribution in [0.4, 0.5) is 0 Å². The van der Waals surface area contributed by atoms with E-state index in [9.17, 15) is 4.79 Å². The van der Waals surface area contributed by atoms with Crippen molar-refractivity contribution < 1.29 is 9.53 Å². The van der Waals surface area contributed by atoms with Crippen LogP contribution in [0.5, 0.6) is 5.75 Å². The van der Waals surface area contributed by atoms with Crippen LogP contribution in [0.25, 0.3) is 16.8 Å². The molecule has 1 aliphatic heterocycles. The summed E-state index contributed by atoms with van der Waals surface area (Å²) >= 11 is 0. The van der Waals surface area contributed by atoms with Crippen LogP contribution in [-0.4, -0.2) is 23.2 Å². The Hall–Kier alpha value is -4.18. The van der Waals surface area contributed by atoms with Gasteiger partial charge in [-0.05, 0) is 64.9 Å². The van der Waals surface area contributed by atoms with Gasteiger partial charge in [0.2, 0.25) is 0 Å². The number of nitrogens with zero attached hydrogens (tertiary/aromatic N) is 2. The van der Waals surface area contributed by atoms with Crippen molar-refractivity contribution in [3.63, 3.8) is 0 Å². The Morgan fingerprint density at radius 3 is 2.42 bits per heavy atom. The normalized spacial score (nSPS) is 20.3. The molecule has 0 N–H and O–H groups in total. The molecule has 0 radical (unpaired) electrons. The molecule has 4 nitrogen and oxygen atoms in total. The van der Waals surface area contributed by atoms with Gasteiger partial charge in [0.05, 0.1) is 11.8 Å². The Morgan fingerprint density at radius 2 is 1.61 bits per heavy atom. The van der Waals surface area contributed by atoms with Crippen molar-refractivity contribution in [1.82, 2.24) is 5.01 Å². The Labute approximate surface area is 211 Å². The summed E-state index contributed by atoms with van der Waals surface area (Å²) < 4.78 is 5.97. The van der Waals surface area contributed by atoms with Gasteiger partial charge >= 0.3 is 0 Å². The van der Waals surface area contributed by atoms with Crippen molar-refractivity contribution in [2.75, 3.05) is 6.61 Å². The largest absolute Gasteiger partial charge is 0.484 e. The molecular weight excluding hydrogens is 444 g/mol. The van der Waals surface area contributed by atoms with Crippen molar-refractivity contribution in [2.24, 2.45) is 11.0 Å². The number of allylic oxidation sites excluding steroid dienone is 1. The van der Waals surface area contributed by atoms with Gasteiger partial charge in [-0.1, -0.05) is 91.0 Å². The van der Waals surface area contributed by atoms with E-state index < -0.39 is 0 Å². The quantitative estimate of drug-likeness (QED) is 0.313. The maximum atomic E-state index is 13.5. The summed E-state index contributed by atoms with van der Waals surface area (Å²) in [7, 11) is 0. The van der Waals surface area contributed by atoms with Crippen LogP contribution in [0.15, 0.2) is 114 Å². The van der Waals surface area contributed by atoms with Crippen molar-refractivity contribution in [3.05, 3.63) is 120 Å². The summed E-state index contributed by atoms with van der Waals surface area (Å²) in [5.74, 6) is 0.742. The van der Waals surface area contributed by atoms with Crippen molar-refractivity contribution in [3.8, 4) is 5.75 Å². The smallest absolute Gasteiger partial charge is 0.281 e. The number of rotatable bonds is 5. The average Bonchev–Trinajstić information content (AvgIpc) is 3.33. The topological polar surface area (TPSA) is 41.9 Å². The highest BCUT2D eigenvalue weighted by Crippen LogP contribution is 2.44. The van der Waals surface area contributed by atoms with Crippen LogP contribution in [0.3, 0.4) is 0 Å². The van der Waals surface area contributed by atoms with Crippen LogP contribution in [0, 0.1) is 5.92 Å². The number of carbonyl (C=O) groups is 1. The van der Waals surface area contributed by atoms with E-state index in [1.54, 1.807) is 5.01 Å². The van der Waals surface area contributed by atoms with E-state index in [2.05, 4.69) is 48.5 Å². The molecule has 4 aromatic carbocycles. The highest BCUT2D eigenvalue weighted by Gasteiger charge is 2.43. The third kappa shape index (κ3) is 4.42. The van der Waals surface area contributed by atoms with E-state index in [0.717, 1.165) is 46.9 Å². The highest BCUT2D eigenvalue weighted by molar-refractivity contribution is 6.08. The maximum absolute atomic E-state index is 13.5. The van der Waals surface area contributed by atoms with Crippen LogP contribution >= 0.6 is 0 Å². The fourth-order valence-electron chi connectivity index (χ4n) is 5.41. The maximum Gasteiger partial charge on any atom is 0.281 e. The van der Waals surface area contributed by atoms with Crippen LogP contribution < -0.4 is 4.74 Å². The molecule has 1 amide bonds. The predicted molar refractivity (Wildman–Crippen MR) is 145 cm³/mol. The first-order valence-electron chi connectivity index (χ1n) is 12.6. The second-order valence-corrected chi connectivity index (χ2v) is 9.46. The Morgan fingerprint density at radius 1 is 0.889 bits per heavy atom. The molecule has 178 valence electrons. The van der Waals surface area contributed by atoms with Gasteiger partial charge in [-0.2, -0.15) is 5.10 Å². The molecule has 2 unspecified atom stereocenters. The monoisotopic (exact) mass is 472 g/mol. The summed E-state index contributed by atoms with van der Waals surface area (Å²) in [4.78, 5) is 13.5. The Balaban J connectivity index is 1.29. The Bertz CT molecular complexity index is 1440. The fourth-order valence-corrected chi connectivity index (χ4v) is 5.41.